The van der Waals surface area contributed by atoms with Gasteiger partial charge in [-0.25, -0.2) is 15.0 Å². The lowest BCUT2D eigenvalue weighted by Crippen LogP contribution is -2.27. The number of nitrogens with one attached hydrogen (secondary N) is 1. The molecular weight excluding hydrogens is 434 g/mol. The van der Waals surface area contributed by atoms with Crippen molar-refractivity contribution in [3.05, 3.63) is 48.2 Å². The van der Waals surface area contributed by atoms with Gasteiger partial charge in [-0.3, -0.25) is 9.78 Å². The fourth-order valence-electron chi connectivity index (χ4n) is 4.50. The third kappa shape index (κ3) is 4.02. The van der Waals surface area contributed by atoms with Crippen molar-refractivity contribution in [1.82, 2.24) is 24.5 Å². The molecule has 10 heteroatoms. The maximum Gasteiger partial charge on any atom is 0.257 e. The van der Waals surface area contributed by atoms with Crippen molar-refractivity contribution in [2.45, 2.75) is 38.3 Å². The third-order valence-electron chi connectivity index (χ3n) is 5.97. The maximum atomic E-state index is 13.0. The molecule has 1 fully saturated rings. The van der Waals surface area contributed by atoms with Crippen molar-refractivity contribution >= 4 is 33.7 Å². The first-order valence-electron chi connectivity index (χ1n) is 11.0. The summed E-state index contributed by atoms with van der Waals surface area (Å²) in [7, 11) is 1.47. The number of benzene rings is 1. The number of amides is 1. The van der Waals surface area contributed by atoms with E-state index in [1.807, 2.05) is 19.1 Å². The summed E-state index contributed by atoms with van der Waals surface area (Å²) >= 11 is 0. The summed E-state index contributed by atoms with van der Waals surface area (Å²) in [5, 5.41) is 13.1. The van der Waals surface area contributed by atoms with E-state index >= 15 is 0 Å². The van der Waals surface area contributed by atoms with Crippen LogP contribution in [-0.2, 0) is 16.0 Å². The average molecular weight is 457 g/mol. The number of ether oxygens (including phenoxy) is 2. The van der Waals surface area contributed by atoms with Crippen LogP contribution in [0.4, 0.5) is 5.82 Å². The Hall–Kier alpha value is -4.10. The van der Waals surface area contributed by atoms with Gasteiger partial charge in [-0.2, -0.15) is 5.26 Å². The van der Waals surface area contributed by atoms with E-state index in [0.29, 0.717) is 23.5 Å². The van der Waals surface area contributed by atoms with E-state index < -0.39 is 0 Å². The summed E-state index contributed by atoms with van der Waals surface area (Å²) in [4.78, 5) is 30.6. The molecule has 1 aromatic carbocycles. The minimum atomic E-state index is -0.287. The molecule has 1 aliphatic heterocycles. The maximum absolute atomic E-state index is 13.0. The monoisotopic (exact) mass is 457 g/mol. The number of methoxy groups -OCH3 is 1. The molecule has 172 valence electrons. The highest BCUT2D eigenvalue weighted by Gasteiger charge is 2.27. The molecule has 3 aromatic heterocycles. The van der Waals surface area contributed by atoms with Gasteiger partial charge in [-0.15, -0.1) is 0 Å². The van der Waals surface area contributed by atoms with Crippen LogP contribution in [0.15, 0.2) is 36.8 Å². The minimum absolute atomic E-state index is 0.0274. The van der Waals surface area contributed by atoms with Crippen LogP contribution in [0, 0.1) is 11.3 Å². The van der Waals surface area contributed by atoms with Crippen LogP contribution < -0.4 is 10.1 Å². The highest BCUT2D eigenvalue weighted by molar-refractivity contribution is 6.03. The Morgan fingerprint density at radius 1 is 1.29 bits per heavy atom. The Labute approximate surface area is 195 Å². The summed E-state index contributed by atoms with van der Waals surface area (Å²) in [5.41, 5.74) is 2.87. The van der Waals surface area contributed by atoms with Gasteiger partial charge in [0.05, 0.1) is 48.5 Å². The van der Waals surface area contributed by atoms with Crippen molar-refractivity contribution in [3.63, 3.8) is 0 Å². The van der Waals surface area contributed by atoms with Crippen LogP contribution in [0.3, 0.4) is 0 Å². The Bertz CT molecular complexity index is 1430. The van der Waals surface area contributed by atoms with Crippen molar-refractivity contribution in [3.8, 4) is 11.9 Å². The fraction of sp³-hybridized carbons (Fsp3) is 0.333. The molecule has 0 bridgehead atoms. The van der Waals surface area contributed by atoms with E-state index in [1.54, 1.807) is 12.3 Å². The number of nitrogens with zero attached hydrogens (tertiary/aromatic N) is 6. The van der Waals surface area contributed by atoms with E-state index in [2.05, 4.69) is 30.9 Å². The van der Waals surface area contributed by atoms with Crippen molar-refractivity contribution < 1.29 is 14.3 Å². The molecule has 0 radical (unpaired) electrons. The first-order chi connectivity index (χ1) is 16.6. The summed E-state index contributed by atoms with van der Waals surface area (Å²) in [6.07, 6.45) is 6.40. The van der Waals surface area contributed by atoms with Gasteiger partial charge in [0.1, 0.15) is 11.3 Å². The predicted molar refractivity (Wildman–Crippen MR) is 124 cm³/mol. The summed E-state index contributed by atoms with van der Waals surface area (Å²) in [5.74, 6) is 0.821. The molecule has 2 atom stereocenters. The molecule has 1 aliphatic rings. The number of hydrogen-bond donors (Lipinski definition) is 1. The number of aromatic nitrogens is 5. The number of anilines is 1. The Balaban J connectivity index is 1.60. The molecule has 1 saturated heterocycles. The van der Waals surface area contributed by atoms with E-state index in [-0.39, 0.29) is 36.2 Å². The lowest BCUT2D eigenvalue weighted by atomic mass is 10.0. The molecule has 0 aliphatic carbocycles. The van der Waals surface area contributed by atoms with Crippen LogP contribution in [-0.4, -0.2) is 50.2 Å². The van der Waals surface area contributed by atoms with E-state index in [4.69, 9.17) is 14.5 Å². The number of pyridine rings is 1. The zero-order valence-corrected chi connectivity index (χ0v) is 18.9. The second-order valence-electron chi connectivity index (χ2n) is 8.23. The Kier molecular flexibility index (Phi) is 5.77. The van der Waals surface area contributed by atoms with Crippen LogP contribution in [0.25, 0.3) is 21.9 Å². The zero-order valence-electron chi connectivity index (χ0n) is 18.9. The molecule has 0 spiro atoms. The second-order valence-corrected chi connectivity index (χ2v) is 8.23. The lowest BCUT2D eigenvalue weighted by Gasteiger charge is -2.30. The largest absolute Gasteiger partial charge is 0.478 e. The molecule has 0 unspecified atom stereocenters. The third-order valence-corrected chi connectivity index (χ3v) is 5.97. The lowest BCUT2D eigenvalue weighted by molar-refractivity contribution is -0.115. The summed E-state index contributed by atoms with van der Waals surface area (Å²) in [6.45, 7) is 2.67. The molecule has 0 saturated carbocycles. The summed E-state index contributed by atoms with van der Waals surface area (Å²) < 4.78 is 13.1. The van der Waals surface area contributed by atoms with Crippen LogP contribution in [0.5, 0.6) is 5.88 Å². The number of fused-ring (bicyclic) bond motifs is 3. The Morgan fingerprint density at radius 3 is 2.94 bits per heavy atom. The van der Waals surface area contributed by atoms with Gasteiger partial charge in [-0.1, -0.05) is 0 Å². The molecule has 5 rings (SSSR count). The van der Waals surface area contributed by atoms with E-state index in [0.717, 1.165) is 29.3 Å². The van der Waals surface area contributed by atoms with E-state index in [9.17, 15) is 10.1 Å². The first-order valence-corrected chi connectivity index (χ1v) is 11.0. The average Bonchev–Trinajstić information content (AvgIpc) is 3.22. The van der Waals surface area contributed by atoms with Gasteiger partial charge in [-0.05, 0) is 38.0 Å². The fourth-order valence-corrected chi connectivity index (χ4v) is 4.50. The molecule has 4 aromatic rings. The number of carbonyl (C=O) groups excluding carboxylic acids is 1. The SMILES string of the molecule is COc1nccnc1NC(=O)Cc1nc2cnc3ccc(C#N)cc3c2n1[C@@H]1CCO[C@H](C)C1. The van der Waals surface area contributed by atoms with Crippen molar-refractivity contribution in [2.24, 2.45) is 0 Å². The molecular formula is C24H23N7O3. The predicted octanol–water partition coefficient (Wildman–Crippen LogP) is 3.18. The van der Waals surface area contributed by atoms with E-state index in [1.165, 1.54) is 19.5 Å². The molecule has 34 heavy (non-hydrogen) atoms. The van der Waals surface area contributed by atoms with Gasteiger partial charge >= 0.3 is 0 Å². The highest BCUT2D eigenvalue weighted by atomic mass is 16.5. The minimum Gasteiger partial charge on any atom is -0.478 e. The van der Waals surface area contributed by atoms with Gasteiger partial charge in [0.25, 0.3) is 5.88 Å². The summed E-state index contributed by atoms with van der Waals surface area (Å²) in [6, 6.07) is 7.72. The molecule has 1 N–H and O–H groups in total. The number of nitriles is 1. The molecule has 10 nitrogen and oxygen atoms in total. The zero-order chi connectivity index (χ0) is 23.7. The molecule has 1 amide bonds. The van der Waals surface area contributed by atoms with Gasteiger partial charge < -0.3 is 19.4 Å². The number of carbonyl (C=O) groups is 1. The van der Waals surface area contributed by atoms with Crippen LogP contribution >= 0.6 is 0 Å². The van der Waals surface area contributed by atoms with Crippen molar-refractivity contribution in [2.75, 3.05) is 19.0 Å². The quantitative estimate of drug-likeness (QED) is 0.484. The second kappa shape index (κ2) is 9.03. The smallest absolute Gasteiger partial charge is 0.257 e. The normalized spacial score (nSPS) is 18.0. The van der Waals surface area contributed by atoms with Crippen LogP contribution in [0.1, 0.15) is 37.2 Å². The highest BCUT2D eigenvalue weighted by Crippen LogP contribution is 2.34. The van der Waals surface area contributed by atoms with Crippen LogP contribution in [0.2, 0.25) is 0 Å². The van der Waals surface area contributed by atoms with Crippen molar-refractivity contribution in [1.29, 1.82) is 5.26 Å². The number of rotatable bonds is 5. The number of imidazole rings is 1. The standard InChI is InChI=1S/C24H23N7O3/c1-14-9-16(5-8-34-14)31-20(11-21(32)30-23-24(33-2)27-7-6-26-23)29-19-13-28-18-4-3-15(12-25)10-17(18)22(19)31/h3-4,6-7,10,13-14,16H,5,8-9,11H2,1-2H3,(H,26,30,32)/t14-,16-/m1/s1. The Morgan fingerprint density at radius 2 is 2.15 bits per heavy atom. The first kappa shape index (κ1) is 21.7. The van der Waals surface area contributed by atoms with Gasteiger partial charge in [0, 0.05) is 30.4 Å². The van der Waals surface area contributed by atoms with Gasteiger partial charge in [0.2, 0.25) is 5.91 Å². The number of hydrogen-bond acceptors (Lipinski definition) is 8. The van der Waals surface area contributed by atoms with Gasteiger partial charge in [0.15, 0.2) is 5.82 Å². The molecule has 4 heterocycles. The topological polar surface area (TPSA) is 128 Å².